The Kier molecular flexibility index (Phi) is 5.27. The quantitative estimate of drug-likeness (QED) is 0.537. The van der Waals surface area contributed by atoms with Crippen LogP contribution < -0.4 is 16.6 Å². The van der Waals surface area contributed by atoms with Gasteiger partial charge in [-0.1, -0.05) is 6.58 Å². The first-order valence-electron chi connectivity index (χ1n) is 7.07. The van der Waals surface area contributed by atoms with Crippen LogP contribution in [0, 0.1) is 13.8 Å². The van der Waals surface area contributed by atoms with Crippen LogP contribution in [0.15, 0.2) is 45.4 Å². The van der Waals surface area contributed by atoms with E-state index in [9.17, 15) is 0 Å². The lowest BCUT2D eigenvalue weighted by atomic mass is 9.97. The van der Waals surface area contributed by atoms with Crippen molar-refractivity contribution in [3.05, 3.63) is 59.6 Å². The molecule has 5 nitrogen and oxygen atoms in total. The van der Waals surface area contributed by atoms with Gasteiger partial charge in [0.25, 0.3) is 0 Å². The lowest BCUT2D eigenvalue weighted by Gasteiger charge is -2.15. The fourth-order valence-corrected chi connectivity index (χ4v) is 2.29. The molecule has 2 aromatic heterocycles. The summed E-state index contributed by atoms with van der Waals surface area (Å²) in [7, 11) is 0. The number of hydrazine groups is 1. The maximum atomic E-state index is 5.77. The van der Waals surface area contributed by atoms with Crippen molar-refractivity contribution >= 4 is 17.3 Å². The van der Waals surface area contributed by atoms with Crippen LogP contribution in [0.1, 0.15) is 41.8 Å². The zero-order valence-electron chi connectivity index (χ0n) is 12.8. The molecular formula is C16H21N3O2S. The second-order valence-corrected chi connectivity index (χ2v) is 5.65. The van der Waals surface area contributed by atoms with Crippen LogP contribution in [-0.4, -0.2) is 5.11 Å². The van der Waals surface area contributed by atoms with E-state index < -0.39 is 0 Å². The molecule has 22 heavy (non-hydrogen) atoms. The van der Waals surface area contributed by atoms with Gasteiger partial charge in [0, 0.05) is 5.70 Å². The molecule has 4 N–H and O–H groups in total. The third-order valence-electron chi connectivity index (χ3n) is 3.31. The Morgan fingerprint density at radius 2 is 1.68 bits per heavy atom. The molecule has 0 saturated carbocycles. The Labute approximate surface area is 135 Å². The highest BCUT2D eigenvalue weighted by Crippen LogP contribution is 2.32. The van der Waals surface area contributed by atoms with Gasteiger partial charge in [0.05, 0.1) is 5.92 Å². The average molecular weight is 319 g/mol. The minimum atomic E-state index is 0.0470. The Bertz CT molecular complexity index is 620. The minimum Gasteiger partial charge on any atom is -0.466 e. The molecule has 0 saturated heterocycles. The summed E-state index contributed by atoms with van der Waals surface area (Å²) in [5.74, 6) is 3.60. The molecule has 6 heteroatoms. The van der Waals surface area contributed by atoms with Gasteiger partial charge in [0.1, 0.15) is 23.0 Å². The number of furan rings is 2. The molecule has 0 spiro atoms. The van der Waals surface area contributed by atoms with E-state index in [4.69, 9.17) is 26.8 Å². The molecule has 0 unspecified atom stereocenters. The van der Waals surface area contributed by atoms with Crippen molar-refractivity contribution in [2.45, 2.75) is 32.6 Å². The van der Waals surface area contributed by atoms with E-state index >= 15 is 0 Å². The smallest absolute Gasteiger partial charge is 0.182 e. The summed E-state index contributed by atoms with van der Waals surface area (Å²) in [5.41, 5.74) is 11.7. The van der Waals surface area contributed by atoms with Gasteiger partial charge in [-0.05, 0) is 63.2 Å². The first-order chi connectivity index (χ1) is 10.5. The summed E-state index contributed by atoms with van der Waals surface area (Å²) in [6.45, 7) is 7.81. The zero-order valence-corrected chi connectivity index (χ0v) is 13.6. The number of allylic oxidation sites excluding steroid dienone is 1. The third-order valence-corrected chi connectivity index (χ3v) is 3.41. The van der Waals surface area contributed by atoms with Crippen LogP contribution in [0.3, 0.4) is 0 Å². The predicted molar refractivity (Wildman–Crippen MR) is 90.2 cm³/mol. The van der Waals surface area contributed by atoms with Crippen LogP contribution in [0.5, 0.6) is 0 Å². The molecule has 0 bridgehead atoms. The number of rotatable bonds is 7. The molecule has 118 valence electrons. The molecule has 2 rings (SSSR count). The summed E-state index contributed by atoms with van der Waals surface area (Å²) in [5, 5.41) is 0.181. The molecule has 2 heterocycles. The monoisotopic (exact) mass is 319 g/mol. The topological polar surface area (TPSA) is 76.4 Å². The number of nitrogens with one attached hydrogen (secondary N) is 2. The molecular weight excluding hydrogens is 298 g/mol. The molecule has 0 amide bonds. The number of nitrogens with two attached hydrogens (primary N) is 1. The Hall–Kier alpha value is -2.21. The van der Waals surface area contributed by atoms with Gasteiger partial charge in [-0.3, -0.25) is 5.43 Å². The van der Waals surface area contributed by atoms with Crippen molar-refractivity contribution in [1.82, 2.24) is 10.9 Å². The first kappa shape index (κ1) is 16.2. The highest BCUT2D eigenvalue weighted by Gasteiger charge is 2.21. The highest BCUT2D eigenvalue weighted by atomic mass is 32.1. The Morgan fingerprint density at radius 3 is 2.09 bits per heavy atom. The number of thiocarbonyl (C=S) groups is 1. The van der Waals surface area contributed by atoms with E-state index in [0.29, 0.717) is 0 Å². The van der Waals surface area contributed by atoms with Crippen molar-refractivity contribution in [3.8, 4) is 0 Å². The van der Waals surface area contributed by atoms with Gasteiger partial charge >= 0.3 is 0 Å². The van der Waals surface area contributed by atoms with Crippen molar-refractivity contribution in [1.29, 1.82) is 0 Å². The molecule has 0 aliphatic rings. The molecule has 0 fully saturated rings. The fraction of sp³-hybridized carbons (Fsp3) is 0.312. The van der Waals surface area contributed by atoms with E-state index in [0.717, 1.165) is 41.6 Å². The summed E-state index contributed by atoms with van der Waals surface area (Å²) < 4.78 is 11.5. The third kappa shape index (κ3) is 4.39. The number of hydrogen-bond acceptors (Lipinski definition) is 4. The average Bonchev–Trinajstić information content (AvgIpc) is 3.06. The maximum Gasteiger partial charge on any atom is 0.182 e. The van der Waals surface area contributed by atoms with Crippen molar-refractivity contribution < 1.29 is 8.83 Å². The second kappa shape index (κ2) is 7.17. The van der Waals surface area contributed by atoms with Crippen molar-refractivity contribution in [2.75, 3.05) is 0 Å². The second-order valence-electron chi connectivity index (χ2n) is 5.21. The van der Waals surface area contributed by atoms with Gasteiger partial charge in [0.2, 0.25) is 0 Å². The zero-order chi connectivity index (χ0) is 16.1. The van der Waals surface area contributed by atoms with E-state index in [1.165, 1.54) is 0 Å². The Balaban J connectivity index is 2.06. The van der Waals surface area contributed by atoms with E-state index in [1.54, 1.807) is 0 Å². The number of aryl methyl sites for hydroxylation is 2. The molecule has 0 aromatic carbocycles. The maximum absolute atomic E-state index is 5.77. The highest BCUT2D eigenvalue weighted by molar-refractivity contribution is 7.80. The molecule has 0 aliphatic heterocycles. The first-order valence-corrected chi connectivity index (χ1v) is 7.48. The van der Waals surface area contributed by atoms with Crippen molar-refractivity contribution in [3.63, 3.8) is 0 Å². The van der Waals surface area contributed by atoms with Crippen LogP contribution >= 0.6 is 12.2 Å². The molecule has 0 radical (unpaired) electrons. The van der Waals surface area contributed by atoms with Crippen LogP contribution in [0.25, 0.3) is 0 Å². The minimum absolute atomic E-state index is 0.0470. The van der Waals surface area contributed by atoms with Gasteiger partial charge in [-0.15, -0.1) is 0 Å². The largest absolute Gasteiger partial charge is 0.466 e. The number of hydrogen-bond donors (Lipinski definition) is 3. The van der Waals surface area contributed by atoms with Gasteiger partial charge < -0.3 is 20.0 Å². The van der Waals surface area contributed by atoms with E-state index in [1.807, 2.05) is 38.1 Å². The standard InChI is InChI=1S/C16H21N3O2S/c1-10(18-19-16(17)22)4-7-13(14-8-5-11(2)20-14)15-9-6-12(3)21-15/h5-6,8-9,13,18H,1,4,7H2,2-3H3,(H3,17,19,22). The van der Waals surface area contributed by atoms with E-state index in [-0.39, 0.29) is 11.0 Å². The molecule has 2 aromatic rings. The lowest BCUT2D eigenvalue weighted by Crippen LogP contribution is -2.39. The summed E-state index contributed by atoms with van der Waals surface area (Å²) in [6, 6.07) is 7.89. The molecule has 0 atom stereocenters. The van der Waals surface area contributed by atoms with Gasteiger partial charge in [-0.2, -0.15) is 0 Å². The predicted octanol–water partition coefficient (Wildman–Crippen LogP) is 3.25. The van der Waals surface area contributed by atoms with Crippen molar-refractivity contribution in [2.24, 2.45) is 5.73 Å². The summed E-state index contributed by atoms with van der Waals surface area (Å²) >= 11 is 4.74. The van der Waals surface area contributed by atoms with Crippen LogP contribution in [0.2, 0.25) is 0 Å². The SMILES string of the molecule is C=C(CCC(c1ccc(C)o1)c1ccc(C)o1)NNC(N)=S. The van der Waals surface area contributed by atoms with Crippen LogP contribution in [-0.2, 0) is 0 Å². The fourth-order valence-electron chi connectivity index (χ4n) is 2.24. The Morgan fingerprint density at radius 1 is 1.14 bits per heavy atom. The normalized spacial score (nSPS) is 10.7. The lowest BCUT2D eigenvalue weighted by molar-refractivity contribution is 0.396. The molecule has 0 aliphatic carbocycles. The van der Waals surface area contributed by atoms with Gasteiger partial charge in [-0.25, -0.2) is 0 Å². The van der Waals surface area contributed by atoms with E-state index in [2.05, 4.69) is 17.4 Å². The van der Waals surface area contributed by atoms with Crippen LogP contribution in [0.4, 0.5) is 0 Å². The summed E-state index contributed by atoms with van der Waals surface area (Å²) in [4.78, 5) is 0. The summed E-state index contributed by atoms with van der Waals surface area (Å²) in [6.07, 6.45) is 1.52. The van der Waals surface area contributed by atoms with Gasteiger partial charge in [0.15, 0.2) is 5.11 Å².